The Balaban J connectivity index is 1.82. The first-order valence-electron chi connectivity index (χ1n) is 12.0. The zero-order valence-corrected chi connectivity index (χ0v) is 23.0. The molecule has 0 unspecified atom stereocenters. The fraction of sp³-hybridized carbons (Fsp3) is 0.333. The Morgan fingerprint density at radius 1 is 1.22 bits per heavy atom. The summed E-state index contributed by atoms with van der Waals surface area (Å²) >= 11 is 2.04. The molecule has 1 atom stereocenters. The quantitative estimate of drug-likeness (QED) is 0.235. The summed E-state index contributed by atoms with van der Waals surface area (Å²) in [4.78, 5) is 30.4. The molecular weight excluding hydrogens is 570 g/mol. The van der Waals surface area contributed by atoms with Crippen LogP contribution in [0.2, 0.25) is 0 Å². The van der Waals surface area contributed by atoms with Gasteiger partial charge < -0.3 is 9.80 Å². The van der Waals surface area contributed by atoms with E-state index in [0.717, 1.165) is 33.5 Å². The Labute approximate surface area is 223 Å². The number of hydrogen-bond acceptors (Lipinski definition) is 5. The predicted molar refractivity (Wildman–Crippen MR) is 148 cm³/mol. The minimum absolute atomic E-state index is 0.00436. The Hall–Kier alpha value is -3.08. The standard InChI is InChI=1S/C27H28FIN6O/c1-6-22(36)33-9-10-34(17(5)13-33)26-18-11-19(28)20(29)12-21(18)35(27-24(26)31-14-32-27)25-16(4)7-8-30-23(25)15(2)3/h6-8,11-12,14-15,17H,1,9-10,13H2,2-5H3/t17-/m0/s1. The zero-order chi connectivity index (χ0) is 25.7. The third-order valence-corrected chi connectivity index (χ3v) is 7.70. The largest absolute Gasteiger partial charge is 0.363 e. The van der Waals surface area contributed by atoms with Crippen LogP contribution in [0.15, 0.2) is 43.4 Å². The van der Waals surface area contributed by atoms with Crippen LogP contribution in [-0.4, -0.2) is 56.0 Å². The lowest BCUT2D eigenvalue weighted by molar-refractivity contribution is -0.126. The smallest absolute Gasteiger partial charge is 0.246 e. The van der Waals surface area contributed by atoms with Crippen molar-refractivity contribution in [2.75, 3.05) is 24.5 Å². The van der Waals surface area contributed by atoms with E-state index in [4.69, 9.17) is 9.97 Å². The zero-order valence-electron chi connectivity index (χ0n) is 20.8. The van der Waals surface area contributed by atoms with E-state index in [-0.39, 0.29) is 23.7 Å². The Morgan fingerprint density at radius 3 is 2.69 bits per heavy atom. The molecule has 0 bridgehead atoms. The van der Waals surface area contributed by atoms with E-state index in [1.807, 2.05) is 40.9 Å². The Kier molecular flexibility index (Phi) is 6.44. The number of piperazine rings is 1. The lowest BCUT2D eigenvalue weighted by atomic mass is 10.0. The van der Waals surface area contributed by atoms with E-state index < -0.39 is 0 Å². The number of nitrogens with zero attached hydrogens (tertiary/aromatic N) is 6. The number of fused-ring (bicyclic) bond motifs is 2. The van der Waals surface area contributed by atoms with Gasteiger partial charge in [-0.05, 0) is 72.2 Å². The van der Waals surface area contributed by atoms with Gasteiger partial charge in [-0.15, -0.1) is 0 Å². The first-order valence-corrected chi connectivity index (χ1v) is 13.1. The van der Waals surface area contributed by atoms with Gasteiger partial charge in [-0.3, -0.25) is 14.3 Å². The fourth-order valence-electron chi connectivity index (χ4n) is 5.16. The van der Waals surface area contributed by atoms with Crippen LogP contribution in [0.3, 0.4) is 0 Å². The van der Waals surface area contributed by atoms with E-state index >= 15 is 4.39 Å². The maximum atomic E-state index is 15.1. The Bertz CT molecular complexity index is 1460. The van der Waals surface area contributed by atoms with Crippen molar-refractivity contribution < 1.29 is 9.18 Å². The minimum Gasteiger partial charge on any atom is -0.363 e. The van der Waals surface area contributed by atoms with Gasteiger partial charge in [-0.25, -0.2) is 14.4 Å². The van der Waals surface area contributed by atoms with Crippen LogP contribution in [0, 0.1) is 16.3 Å². The number of pyridine rings is 2. The molecule has 0 radical (unpaired) electrons. The van der Waals surface area contributed by atoms with Crippen LogP contribution < -0.4 is 4.90 Å². The molecule has 7 nitrogen and oxygen atoms in total. The molecule has 186 valence electrons. The Morgan fingerprint density at radius 2 is 2.00 bits per heavy atom. The molecule has 0 N–H and O–H groups in total. The molecule has 1 aromatic heterocycles. The average molecular weight is 598 g/mol. The van der Waals surface area contributed by atoms with Gasteiger partial charge in [0.25, 0.3) is 0 Å². The molecule has 1 saturated heterocycles. The normalized spacial score (nSPS) is 16.4. The van der Waals surface area contributed by atoms with Crippen molar-refractivity contribution >= 4 is 45.1 Å². The van der Waals surface area contributed by atoms with Gasteiger partial charge in [0, 0.05) is 37.3 Å². The first-order chi connectivity index (χ1) is 17.2. The van der Waals surface area contributed by atoms with Crippen LogP contribution in [0.1, 0.15) is 37.9 Å². The van der Waals surface area contributed by atoms with Gasteiger partial charge >= 0.3 is 0 Å². The number of halogens is 2. The summed E-state index contributed by atoms with van der Waals surface area (Å²) < 4.78 is 17.7. The molecule has 2 aromatic rings. The summed E-state index contributed by atoms with van der Waals surface area (Å²) in [5, 5.41) is 0.759. The second-order valence-electron chi connectivity index (χ2n) is 9.56. The van der Waals surface area contributed by atoms with Crippen molar-refractivity contribution in [3.63, 3.8) is 0 Å². The molecule has 3 aliphatic heterocycles. The van der Waals surface area contributed by atoms with Gasteiger partial charge in [0.05, 0.1) is 26.2 Å². The highest BCUT2D eigenvalue weighted by molar-refractivity contribution is 14.1. The third-order valence-electron chi connectivity index (χ3n) is 6.88. The van der Waals surface area contributed by atoms with Crippen LogP contribution in [0.25, 0.3) is 28.1 Å². The van der Waals surface area contributed by atoms with E-state index in [0.29, 0.717) is 34.7 Å². The van der Waals surface area contributed by atoms with Gasteiger partial charge in [-0.1, -0.05) is 20.4 Å². The molecule has 4 heterocycles. The number of aryl methyl sites for hydroxylation is 1. The van der Waals surface area contributed by atoms with Gasteiger partial charge in [0.15, 0.2) is 5.82 Å². The number of hydrogen-bond donors (Lipinski definition) is 0. The summed E-state index contributed by atoms with van der Waals surface area (Å²) in [6.45, 7) is 13.7. The lowest BCUT2D eigenvalue weighted by Gasteiger charge is -2.42. The van der Waals surface area contributed by atoms with Gasteiger partial charge in [0.2, 0.25) is 5.91 Å². The molecular formula is C27H28FIN6O. The van der Waals surface area contributed by atoms with Crippen LogP contribution in [0.5, 0.6) is 0 Å². The number of aromatic nitrogens is 4. The van der Waals surface area contributed by atoms with Crippen molar-refractivity contribution in [1.29, 1.82) is 0 Å². The molecule has 3 aliphatic rings. The van der Waals surface area contributed by atoms with Crippen LogP contribution >= 0.6 is 22.6 Å². The SMILES string of the molecule is C=CC(=O)N1CCN(c2c3ncnc-3n(-c3c(C)ccnc3C(C)C)c3cc(I)c(F)cc23)[C@@H](C)C1. The number of carbonyl (C=O) groups excluding carboxylic acids is 1. The highest BCUT2D eigenvalue weighted by Gasteiger charge is 2.33. The summed E-state index contributed by atoms with van der Waals surface area (Å²) in [6.07, 6.45) is 4.74. The van der Waals surface area contributed by atoms with Crippen LogP contribution in [-0.2, 0) is 4.79 Å². The molecule has 9 heteroatoms. The van der Waals surface area contributed by atoms with Crippen molar-refractivity contribution in [2.24, 2.45) is 0 Å². The number of carbonyl (C=O) groups is 1. The third kappa shape index (κ3) is 3.93. The number of anilines is 1. The number of imidazole rings is 1. The molecule has 0 spiro atoms. The maximum absolute atomic E-state index is 15.1. The molecule has 5 rings (SSSR count). The van der Waals surface area contributed by atoms with E-state index in [9.17, 15) is 4.79 Å². The molecule has 0 aliphatic carbocycles. The van der Waals surface area contributed by atoms with Gasteiger partial charge in [0.1, 0.15) is 17.8 Å². The van der Waals surface area contributed by atoms with Gasteiger partial charge in [-0.2, -0.15) is 0 Å². The minimum atomic E-state index is -0.283. The molecule has 1 aromatic carbocycles. The van der Waals surface area contributed by atoms with E-state index in [2.05, 4.69) is 48.7 Å². The summed E-state index contributed by atoms with van der Waals surface area (Å²) in [5.74, 6) is 0.518. The van der Waals surface area contributed by atoms with Crippen LogP contribution in [0.4, 0.5) is 10.1 Å². The highest BCUT2D eigenvalue weighted by atomic mass is 127. The molecule has 0 saturated carbocycles. The van der Waals surface area contributed by atoms with E-state index in [1.165, 1.54) is 6.08 Å². The molecule has 1 fully saturated rings. The monoisotopic (exact) mass is 598 g/mol. The van der Waals surface area contributed by atoms with Crippen molar-refractivity contribution in [3.05, 3.63) is 64.0 Å². The first kappa shape index (κ1) is 24.6. The predicted octanol–water partition coefficient (Wildman–Crippen LogP) is 5.32. The summed E-state index contributed by atoms with van der Waals surface area (Å²) in [7, 11) is 0. The molecule has 1 amide bonds. The fourth-order valence-corrected chi connectivity index (χ4v) is 5.62. The summed E-state index contributed by atoms with van der Waals surface area (Å²) in [5.41, 5.74) is 5.35. The second kappa shape index (κ2) is 9.42. The summed E-state index contributed by atoms with van der Waals surface area (Å²) in [6, 6.07) is 5.46. The molecule has 36 heavy (non-hydrogen) atoms. The number of rotatable bonds is 4. The maximum Gasteiger partial charge on any atom is 0.246 e. The van der Waals surface area contributed by atoms with Crippen molar-refractivity contribution in [2.45, 2.75) is 39.7 Å². The lowest BCUT2D eigenvalue weighted by Crippen LogP contribution is -2.53. The van der Waals surface area contributed by atoms with Crippen molar-refractivity contribution in [3.8, 4) is 17.2 Å². The average Bonchev–Trinajstić information content (AvgIpc) is 3.33. The number of amides is 1. The van der Waals surface area contributed by atoms with Crippen molar-refractivity contribution in [1.82, 2.24) is 24.4 Å². The van der Waals surface area contributed by atoms with E-state index in [1.54, 1.807) is 17.3 Å². The number of benzene rings is 1. The second-order valence-corrected chi connectivity index (χ2v) is 10.7. The highest BCUT2D eigenvalue weighted by Crippen LogP contribution is 2.43. The topological polar surface area (TPSA) is 67.2 Å².